The van der Waals surface area contributed by atoms with Crippen molar-refractivity contribution in [1.82, 2.24) is 14.8 Å². The molecule has 0 aliphatic heterocycles. The van der Waals surface area contributed by atoms with Crippen LogP contribution in [-0.2, 0) is 11.3 Å². The molecule has 0 aliphatic carbocycles. The van der Waals surface area contributed by atoms with Crippen molar-refractivity contribution in [3.8, 4) is 0 Å². The second-order valence-electron chi connectivity index (χ2n) is 3.73. The number of nitrogens with one attached hydrogen (secondary N) is 1. The topological polar surface area (TPSA) is 97.1 Å². The quantitative estimate of drug-likeness (QED) is 0.898. The van der Waals surface area contributed by atoms with Gasteiger partial charge in [0.15, 0.2) is 0 Å². The summed E-state index contributed by atoms with van der Waals surface area (Å²) >= 11 is 11.7. The predicted molar refractivity (Wildman–Crippen MR) is 72.1 cm³/mol. The molecule has 1 aromatic carbocycles. The molecule has 1 aromatic heterocycles. The number of amides is 1. The van der Waals surface area contributed by atoms with Crippen molar-refractivity contribution in [2.75, 3.05) is 5.32 Å². The second kappa shape index (κ2) is 5.89. The normalized spacial score (nSPS) is 10.3. The van der Waals surface area contributed by atoms with E-state index < -0.39 is 11.9 Å². The van der Waals surface area contributed by atoms with E-state index in [1.165, 1.54) is 29.5 Å². The van der Waals surface area contributed by atoms with Crippen molar-refractivity contribution in [1.29, 1.82) is 0 Å². The Morgan fingerprint density at radius 2 is 2.00 bits per heavy atom. The van der Waals surface area contributed by atoms with E-state index in [2.05, 4.69) is 15.4 Å². The van der Waals surface area contributed by atoms with Crippen LogP contribution in [0.3, 0.4) is 0 Å². The van der Waals surface area contributed by atoms with Gasteiger partial charge in [0.25, 0.3) is 0 Å². The summed E-state index contributed by atoms with van der Waals surface area (Å²) in [7, 11) is 0. The van der Waals surface area contributed by atoms with Crippen LogP contribution >= 0.6 is 23.2 Å². The molecule has 0 unspecified atom stereocenters. The number of halogens is 2. The highest BCUT2D eigenvalue weighted by Gasteiger charge is 2.19. The molecule has 2 rings (SSSR count). The zero-order valence-electron chi connectivity index (χ0n) is 9.88. The van der Waals surface area contributed by atoms with E-state index in [0.29, 0.717) is 0 Å². The molecule has 1 heterocycles. The van der Waals surface area contributed by atoms with E-state index in [1.54, 1.807) is 0 Å². The van der Waals surface area contributed by atoms with Crippen molar-refractivity contribution in [2.24, 2.45) is 0 Å². The minimum absolute atomic E-state index is 0.0158. The fraction of sp³-hybridized carbons (Fsp3) is 0.0909. The number of hydrogen-bond donors (Lipinski definition) is 2. The largest absolute Gasteiger partial charge is 0.478 e. The highest BCUT2D eigenvalue weighted by atomic mass is 35.5. The molecule has 0 radical (unpaired) electrons. The van der Waals surface area contributed by atoms with Crippen LogP contribution < -0.4 is 5.32 Å². The maximum absolute atomic E-state index is 11.8. The van der Waals surface area contributed by atoms with Crippen molar-refractivity contribution < 1.29 is 14.7 Å². The van der Waals surface area contributed by atoms with Gasteiger partial charge in [-0.3, -0.25) is 4.79 Å². The number of carboxylic acids is 1. The third-order valence-electron chi connectivity index (χ3n) is 2.35. The van der Waals surface area contributed by atoms with Crippen molar-refractivity contribution in [3.05, 3.63) is 40.4 Å². The summed E-state index contributed by atoms with van der Waals surface area (Å²) in [4.78, 5) is 26.7. The van der Waals surface area contributed by atoms with Gasteiger partial charge >= 0.3 is 5.97 Å². The second-order valence-corrected chi connectivity index (χ2v) is 4.54. The molecule has 0 aliphatic rings. The van der Waals surface area contributed by atoms with Crippen LogP contribution in [0.4, 0.5) is 5.69 Å². The zero-order chi connectivity index (χ0) is 14.7. The smallest absolute Gasteiger partial charge is 0.339 e. The molecule has 0 spiro atoms. The molecule has 104 valence electrons. The third kappa shape index (κ3) is 3.06. The van der Waals surface area contributed by atoms with E-state index in [-0.39, 0.29) is 27.8 Å². The number of aromatic carboxylic acids is 1. The number of nitrogens with zero attached hydrogens (tertiary/aromatic N) is 3. The lowest BCUT2D eigenvalue weighted by molar-refractivity contribution is -0.116. The number of anilines is 1. The number of aromatic nitrogens is 3. The van der Waals surface area contributed by atoms with Gasteiger partial charge in [-0.15, -0.1) is 0 Å². The number of rotatable bonds is 4. The Labute approximate surface area is 123 Å². The summed E-state index contributed by atoms with van der Waals surface area (Å²) in [5, 5.41) is 15.4. The van der Waals surface area contributed by atoms with Gasteiger partial charge in [0.1, 0.15) is 24.8 Å². The Bertz CT molecular complexity index is 658. The van der Waals surface area contributed by atoms with Crippen molar-refractivity contribution in [3.63, 3.8) is 0 Å². The molecule has 9 heteroatoms. The van der Waals surface area contributed by atoms with E-state index in [4.69, 9.17) is 28.3 Å². The summed E-state index contributed by atoms with van der Waals surface area (Å²) in [6.45, 7) is -0.123. The first-order chi connectivity index (χ1) is 9.49. The summed E-state index contributed by atoms with van der Waals surface area (Å²) in [6.07, 6.45) is 2.64. The molecule has 0 atom stereocenters. The molecule has 2 aromatic rings. The number of carbonyl (C=O) groups is 2. The van der Waals surface area contributed by atoms with Crippen LogP contribution in [0.15, 0.2) is 24.8 Å². The van der Waals surface area contributed by atoms with Gasteiger partial charge in [-0.2, -0.15) is 5.10 Å². The highest BCUT2D eigenvalue weighted by Crippen LogP contribution is 2.31. The molecular weight excluding hydrogens is 307 g/mol. The third-order valence-corrected chi connectivity index (χ3v) is 2.98. The van der Waals surface area contributed by atoms with Gasteiger partial charge in [0, 0.05) is 0 Å². The molecule has 1 amide bonds. The average Bonchev–Trinajstić information content (AvgIpc) is 2.86. The van der Waals surface area contributed by atoms with Crippen LogP contribution in [0.25, 0.3) is 0 Å². The Hall–Kier alpha value is -2.12. The fourth-order valence-corrected chi connectivity index (χ4v) is 1.97. The number of carboxylic acid groups (broad SMARTS) is 1. The van der Waals surface area contributed by atoms with Crippen molar-refractivity contribution >= 4 is 40.8 Å². The number of hydrogen-bond acceptors (Lipinski definition) is 4. The van der Waals surface area contributed by atoms with Gasteiger partial charge in [-0.05, 0) is 12.1 Å². The minimum Gasteiger partial charge on any atom is -0.478 e. The van der Waals surface area contributed by atoms with Crippen LogP contribution in [0.1, 0.15) is 10.4 Å². The van der Waals surface area contributed by atoms with Gasteiger partial charge in [0.2, 0.25) is 5.91 Å². The molecule has 7 nitrogen and oxygen atoms in total. The maximum Gasteiger partial charge on any atom is 0.339 e. The first-order valence-corrected chi connectivity index (χ1v) is 6.08. The highest BCUT2D eigenvalue weighted by molar-refractivity contribution is 6.38. The van der Waals surface area contributed by atoms with E-state index in [0.717, 1.165) is 0 Å². The summed E-state index contributed by atoms with van der Waals surface area (Å²) in [5.74, 6) is -1.78. The van der Waals surface area contributed by atoms with Gasteiger partial charge in [0.05, 0.1) is 15.7 Å². The van der Waals surface area contributed by atoms with E-state index in [9.17, 15) is 9.59 Å². The van der Waals surface area contributed by atoms with Gasteiger partial charge in [-0.1, -0.05) is 23.2 Å². The predicted octanol–water partition coefficient (Wildman–Crippen LogP) is 1.92. The average molecular weight is 315 g/mol. The molecule has 20 heavy (non-hydrogen) atoms. The van der Waals surface area contributed by atoms with Crippen LogP contribution in [0, 0.1) is 0 Å². The minimum atomic E-state index is -1.28. The Balaban J connectivity index is 2.26. The van der Waals surface area contributed by atoms with Gasteiger partial charge < -0.3 is 10.4 Å². The van der Waals surface area contributed by atoms with E-state index in [1.807, 2.05) is 0 Å². The summed E-state index contributed by atoms with van der Waals surface area (Å²) in [5.41, 5.74) is -0.303. The van der Waals surface area contributed by atoms with Crippen LogP contribution in [0.5, 0.6) is 0 Å². The van der Waals surface area contributed by atoms with Crippen molar-refractivity contribution in [2.45, 2.75) is 6.54 Å². The molecule has 2 N–H and O–H groups in total. The lowest BCUT2D eigenvalue weighted by atomic mass is 10.1. The van der Waals surface area contributed by atoms with Crippen LogP contribution in [0.2, 0.25) is 10.0 Å². The Kier molecular flexibility index (Phi) is 4.21. The SMILES string of the molecule is O=C(Cn1cncn1)Nc1c(Cl)ccc(Cl)c1C(=O)O. The maximum atomic E-state index is 11.8. The van der Waals surface area contributed by atoms with E-state index >= 15 is 0 Å². The Morgan fingerprint density at radius 3 is 2.60 bits per heavy atom. The zero-order valence-corrected chi connectivity index (χ0v) is 11.4. The molecule has 0 fully saturated rings. The Morgan fingerprint density at radius 1 is 1.30 bits per heavy atom. The molecule has 0 bridgehead atoms. The summed E-state index contributed by atoms with van der Waals surface area (Å²) in [6, 6.07) is 2.75. The first-order valence-electron chi connectivity index (χ1n) is 5.32. The van der Waals surface area contributed by atoms with Gasteiger partial charge in [-0.25, -0.2) is 14.5 Å². The lowest BCUT2D eigenvalue weighted by Crippen LogP contribution is -2.21. The first kappa shape index (κ1) is 14.3. The fourth-order valence-electron chi connectivity index (χ4n) is 1.52. The monoisotopic (exact) mass is 314 g/mol. The lowest BCUT2D eigenvalue weighted by Gasteiger charge is -2.11. The summed E-state index contributed by atoms with van der Waals surface area (Å²) < 4.78 is 1.29. The molecule has 0 saturated carbocycles. The molecule has 0 saturated heterocycles. The van der Waals surface area contributed by atoms with Crippen LogP contribution in [-0.4, -0.2) is 31.7 Å². The molecular formula is C11H8Cl2N4O3. The number of carbonyl (C=O) groups excluding carboxylic acids is 1. The number of benzene rings is 1. The standard InChI is InChI=1S/C11H8Cl2N4O3/c12-6-1-2-7(13)10(9(6)11(19)20)16-8(18)3-17-5-14-4-15-17/h1-2,4-5H,3H2,(H,16,18)(H,19,20).